The van der Waals surface area contributed by atoms with Crippen molar-refractivity contribution in [3.63, 3.8) is 0 Å². The summed E-state index contributed by atoms with van der Waals surface area (Å²) in [4.78, 5) is 17.2. The van der Waals surface area contributed by atoms with Crippen LogP contribution in [0.25, 0.3) is 33.5 Å². The molecule has 4 heterocycles. The quantitative estimate of drug-likeness (QED) is 0.368. The number of ether oxygens (including phenoxy) is 2. The van der Waals surface area contributed by atoms with Crippen LogP contribution in [0.1, 0.15) is 6.92 Å². The number of fused-ring (bicyclic) bond motifs is 2. The summed E-state index contributed by atoms with van der Waals surface area (Å²) in [6.45, 7) is 4.68. The Morgan fingerprint density at radius 2 is 2.03 bits per heavy atom. The summed E-state index contributed by atoms with van der Waals surface area (Å²) in [6, 6.07) is 18.1. The van der Waals surface area contributed by atoms with Crippen molar-refractivity contribution in [3.05, 3.63) is 60.8 Å². The summed E-state index contributed by atoms with van der Waals surface area (Å²) in [5.74, 6) is 1.95. The van der Waals surface area contributed by atoms with Crippen molar-refractivity contribution < 1.29 is 9.47 Å². The first-order chi connectivity index (χ1) is 17.5. The predicted octanol–water partition coefficient (Wildman–Crippen LogP) is 4.45. The third-order valence-corrected chi connectivity index (χ3v) is 6.49. The van der Waals surface area contributed by atoms with Crippen molar-refractivity contribution in [1.82, 2.24) is 30.0 Å². The molecule has 2 N–H and O–H groups in total. The van der Waals surface area contributed by atoms with Crippen molar-refractivity contribution in [2.45, 2.75) is 19.1 Å². The highest BCUT2D eigenvalue weighted by molar-refractivity contribution is 5.94. The highest BCUT2D eigenvalue weighted by Gasteiger charge is 2.27. The van der Waals surface area contributed by atoms with Gasteiger partial charge in [-0.3, -0.25) is 5.10 Å². The van der Waals surface area contributed by atoms with Crippen LogP contribution in [0.2, 0.25) is 0 Å². The van der Waals surface area contributed by atoms with Gasteiger partial charge in [0.25, 0.3) is 0 Å². The summed E-state index contributed by atoms with van der Waals surface area (Å²) in [5.41, 5.74) is 4.70. The number of pyridine rings is 1. The van der Waals surface area contributed by atoms with Gasteiger partial charge in [-0.2, -0.15) is 5.10 Å². The van der Waals surface area contributed by atoms with Crippen molar-refractivity contribution >= 4 is 27.6 Å². The number of likely N-dealkylation sites (N-methyl/N-ethyl adjacent to an activating group) is 1. The Hall–Kier alpha value is -3.95. The van der Waals surface area contributed by atoms with Crippen molar-refractivity contribution in [2.24, 2.45) is 0 Å². The number of nitrogens with zero attached hydrogens (tertiary/aromatic N) is 5. The smallest absolute Gasteiger partial charge is 0.219 e. The standard InChI is InChI=1S/C27H29N7O2/c1-17-16-35-20(14-33(2)3)15-34(17)18-7-9-23-24(12-18)30-27(29-23)26-21-13-19(8-10-22(21)31-32-26)36-25-6-4-5-11-28-25/h4-13,17,20H,14-16H2,1-3H3,(H,29,30)(H,31,32). The van der Waals surface area contributed by atoms with E-state index < -0.39 is 0 Å². The zero-order chi connectivity index (χ0) is 24.6. The molecule has 6 rings (SSSR count). The molecule has 9 heteroatoms. The Balaban J connectivity index is 1.30. The van der Waals surface area contributed by atoms with E-state index in [1.165, 1.54) is 0 Å². The van der Waals surface area contributed by atoms with E-state index in [-0.39, 0.29) is 6.10 Å². The minimum atomic E-state index is 0.183. The fourth-order valence-electron chi connectivity index (χ4n) is 4.75. The van der Waals surface area contributed by atoms with Crippen LogP contribution in [0, 0.1) is 0 Å². The molecule has 1 saturated heterocycles. The Bertz CT molecular complexity index is 1490. The van der Waals surface area contributed by atoms with Crippen LogP contribution in [0.4, 0.5) is 5.69 Å². The molecule has 1 aliphatic heterocycles. The molecular weight excluding hydrogens is 454 g/mol. The highest BCUT2D eigenvalue weighted by atomic mass is 16.5. The number of hydrogen-bond acceptors (Lipinski definition) is 7. The summed E-state index contributed by atoms with van der Waals surface area (Å²) < 4.78 is 12.0. The molecule has 0 radical (unpaired) electrons. The van der Waals surface area contributed by atoms with Gasteiger partial charge in [0.1, 0.15) is 11.4 Å². The third kappa shape index (κ3) is 4.38. The second-order valence-electron chi connectivity index (χ2n) is 9.56. The first kappa shape index (κ1) is 22.5. The lowest BCUT2D eigenvalue weighted by atomic mass is 10.1. The molecule has 0 amide bonds. The van der Waals surface area contributed by atoms with Crippen molar-refractivity contribution in [2.75, 3.05) is 38.7 Å². The molecule has 0 aliphatic carbocycles. The first-order valence-corrected chi connectivity index (χ1v) is 12.1. The molecule has 3 aromatic heterocycles. The van der Waals surface area contributed by atoms with Crippen molar-refractivity contribution in [3.8, 4) is 23.1 Å². The lowest BCUT2D eigenvalue weighted by Crippen LogP contribution is -2.51. The monoisotopic (exact) mass is 483 g/mol. The molecule has 1 aliphatic rings. The number of aromatic nitrogens is 5. The van der Waals surface area contributed by atoms with Gasteiger partial charge in [0.2, 0.25) is 5.88 Å². The summed E-state index contributed by atoms with van der Waals surface area (Å²) in [7, 11) is 4.16. The number of rotatable bonds is 6. The van der Waals surface area contributed by atoms with Gasteiger partial charge in [0.15, 0.2) is 5.82 Å². The molecule has 5 aromatic rings. The normalized spacial score (nSPS) is 18.4. The van der Waals surface area contributed by atoms with Gasteiger partial charge >= 0.3 is 0 Å². The van der Waals surface area contributed by atoms with Gasteiger partial charge < -0.3 is 24.3 Å². The van der Waals surface area contributed by atoms with E-state index >= 15 is 0 Å². The van der Waals surface area contributed by atoms with E-state index in [0.717, 1.165) is 46.4 Å². The van der Waals surface area contributed by atoms with Gasteiger partial charge in [-0.05, 0) is 63.5 Å². The number of aromatic amines is 2. The topological polar surface area (TPSA) is 95.2 Å². The van der Waals surface area contributed by atoms with Gasteiger partial charge in [-0.15, -0.1) is 0 Å². The molecule has 2 unspecified atom stereocenters. The second kappa shape index (κ2) is 9.25. The summed E-state index contributed by atoms with van der Waals surface area (Å²) in [6.07, 6.45) is 1.89. The lowest BCUT2D eigenvalue weighted by Gasteiger charge is -2.40. The van der Waals surface area contributed by atoms with E-state index in [2.05, 4.69) is 69.2 Å². The molecule has 0 saturated carbocycles. The number of hydrogen-bond donors (Lipinski definition) is 2. The zero-order valence-electron chi connectivity index (χ0n) is 20.6. The number of imidazole rings is 1. The number of morpholine rings is 1. The largest absolute Gasteiger partial charge is 0.439 e. The molecular formula is C27H29N7O2. The Kier molecular flexibility index (Phi) is 5.79. The van der Waals surface area contributed by atoms with Gasteiger partial charge in [0, 0.05) is 42.5 Å². The van der Waals surface area contributed by atoms with Crippen LogP contribution in [0.3, 0.4) is 0 Å². The Morgan fingerprint density at radius 3 is 2.86 bits per heavy atom. The van der Waals surface area contributed by atoms with Gasteiger partial charge in [-0.25, -0.2) is 9.97 Å². The maximum atomic E-state index is 6.05. The summed E-state index contributed by atoms with van der Waals surface area (Å²) in [5, 5.41) is 8.58. The van der Waals surface area contributed by atoms with Crippen LogP contribution < -0.4 is 9.64 Å². The first-order valence-electron chi connectivity index (χ1n) is 12.1. The molecule has 36 heavy (non-hydrogen) atoms. The van der Waals surface area contributed by atoms with Crippen LogP contribution in [-0.4, -0.2) is 76.0 Å². The minimum absolute atomic E-state index is 0.183. The van der Waals surface area contributed by atoms with E-state index in [4.69, 9.17) is 14.5 Å². The number of nitrogens with one attached hydrogen (secondary N) is 2. The van der Waals surface area contributed by atoms with Crippen molar-refractivity contribution in [1.29, 1.82) is 0 Å². The molecule has 2 atom stereocenters. The summed E-state index contributed by atoms with van der Waals surface area (Å²) >= 11 is 0. The zero-order valence-corrected chi connectivity index (χ0v) is 20.6. The molecule has 2 aromatic carbocycles. The maximum Gasteiger partial charge on any atom is 0.219 e. The predicted molar refractivity (Wildman–Crippen MR) is 141 cm³/mol. The lowest BCUT2D eigenvalue weighted by molar-refractivity contribution is 0.00880. The second-order valence-corrected chi connectivity index (χ2v) is 9.56. The number of benzene rings is 2. The molecule has 9 nitrogen and oxygen atoms in total. The van der Waals surface area contributed by atoms with Gasteiger partial charge in [-0.1, -0.05) is 6.07 Å². The number of H-pyrrole nitrogens is 2. The van der Waals surface area contributed by atoms with Gasteiger partial charge in [0.05, 0.1) is 29.3 Å². The Morgan fingerprint density at radius 1 is 1.11 bits per heavy atom. The van der Waals surface area contributed by atoms with Crippen LogP contribution >= 0.6 is 0 Å². The van der Waals surface area contributed by atoms with Crippen LogP contribution in [-0.2, 0) is 4.74 Å². The van der Waals surface area contributed by atoms with Crippen LogP contribution in [0.15, 0.2) is 60.8 Å². The van der Waals surface area contributed by atoms with Crippen LogP contribution in [0.5, 0.6) is 11.6 Å². The number of anilines is 1. The van der Waals surface area contributed by atoms with E-state index in [9.17, 15) is 0 Å². The minimum Gasteiger partial charge on any atom is -0.439 e. The van der Waals surface area contributed by atoms with E-state index in [1.54, 1.807) is 6.20 Å². The average Bonchev–Trinajstić information content (AvgIpc) is 3.48. The van der Waals surface area contributed by atoms with E-state index in [0.29, 0.717) is 30.1 Å². The fraction of sp³-hybridized carbons (Fsp3) is 0.296. The molecule has 1 fully saturated rings. The third-order valence-electron chi connectivity index (χ3n) is 6.49. The van der Waals surface area contributed by atoms with E-state index in [1.807, 2.05) is 36.4 Å². The molecule has 184 valence electrons. The highest BCUT2D eigenvalue weighted by Crippen LogP contribution is 2.32. The molecule has 0 bridgehead atoms. The Labute approximate surface area is 209 Å². The maximum absolute atomic E-state index is 6.05. The fourth-order valence-corrected chi connectivity index (χ4v) is 4.75. The SMILES string of the molecule is CC1COC(CN(C)C)CN1c1ccc2nc(-c3n[nH]c4ccc(Oc5ccccn5)cc34)[nH]c2c1. The average molecular weight is 484 g/mol. The molecule has 0 spiro atoms.